The summed E-state index contributed by atoms with van der Waals surface area (Å²) in [6.45, 7) is 7.55. The van der Waals surface area contributed by atoms with Crippen molar-refractivity contribution in [2.75, 3.05) is 40.0 Å². The standard InChI is InChI=1S/C19H32N2O4S/c1-16-15-18(8-9-19(16)25-14-13-24-3)26(22,23)20-10-6-12-21-11-5-4-7-17(21)2/h8-9,15,17,20H,4-7,10-14H2,1-3H3. The van der Waals surface area contributed by atoms with Crippen LogP contribution in [0.1, 0.15) is 38.2 Å². The molecule has 1 aliphatic heterocycles. The van der Waals surface area contributed by atoms with Crippen molar-refractivity contribution < 1.29 is 17.9 Å². The summed E-state index contributed by atoms with van der Waals surface area (Å²) in [7, 11) is -1.88. The van der Waals surface area contributed by atoms with Gasteiger partial charge in [0, 0.05) is 19.7 Å². The van der Waals surface area contributed by atoms with Gasteiger partial charge in [0.15, 0.2) is 0 Å². The van der Waals surface area contributed by atoms with Crippen LogP contribution < -0.4 is 9.46 Å². The lowest BCUT2D eigenvalue weighted by atomic mass is 10.0. The Morgan fingerprint density at radius 2 is 2.08 bits per heavy atom. The number of methoxy groups -OCH3 is 1. The minimum Gasteiger partial charge on any atom is -0.491 e. The molecule has 1 saturated heterocycles. The number of hydrogen-bond donors (Lipinski definition) is 1. The molecule has 0 radical (unpaired) electrons. The molecular formula is C19H32N2O4S. The molecule has 1 atom stereocenters. The predicted octanol–water partition coefficient (Wildman–Crippen LogP) is 2.56. The lowest BCUT2D eigenvalue weighted by molar-refractivity contribution is 0.146. The molecule has 0 bridgehead atoms. The number of nitrogens with zero attached hydrogens (tertiary/aromatic N) is 1. The van der Waals surface area contributed by atoms with Gasteiger partial charge < -0.3 is 14.4 Å². The van der Waals surface area contributed by atoms with Gasteiger partial charge >= 0.3 is 0 Å². The van der Waals surface area contributed by atoms with Crippen LogP contribution in [0.2, 0.25) is 0 Å². The van der Waals surface area contributed by atoms with Crippen LogP contribution in [0.4, 0.5) is 0 Å². The Morgan fingerprint density at radius 1 is 1.27 bits per heavy atom. The molecule has 1 aliphatic rings. The Labute approximate surface area is 157 Å². The summed E-state index contributed by atoms with van der Waals surface area (Å²) in [6.07, 6.45) is 4.60. The highest BCUT2D eigenvalue weighted by Crippen LogP contribution is 2.22. The van der Waals surface area contributed by atoms with Crippen LogP contribution in [0.25, 0.3) is 0 Å². The van der Waals surface area contributed by atoms with E-state index in [2.05, 4.69) is 16.5 Å². The van der Waals surface area contributed by atoms with Crippen molar-refractivity contribution in [1.82, 2.24) is 9.62 Å². The number of aryl methyl sites for hydroxylation is 1. The molecule has 1 fully saturated rings. The fourth-order valence-corrected chi connectivity index (χ4v) is 4.41. The highest BCUT2D eigenvalue weighted by molar-refractivity contribution is 7.89. The Morgan fingerprint density at radius 3 is 2.77 bits per heavy atom. The number of likely N-dealkylation sites (tertiary alicyclic amines) is 1. The molecule has 148 valence electrons. The van der Waals surface area contributed by atoms with Crippen molar-refractivity contribution in [3.8, 4) is 5.75 Å². The number of ether oxygens (including phenoxy) is 2. The molecule has 1 aromatic carbocycles. The summed E-state index contributed by atoms with van der Waals surface area (Å²) in [5.41, 5.74) is 0.797. The second-order valence-electron chi connectivity index (χ2n) is 6.90. The monoisotopic (exact) mass is 384 g/mol. The first-order valence-electron chi connectivity index (χ1n) is 9.40. The third-order valence-corrected chi connectivity index (χ3v) is 6.32. The average Bonchev–Trinajstić information content (AvgIpc) is 2.61. The van der Waals surface area contributed by atoms with E-state index in [1.54, 1.807) is 25.3 Å². The molecule has 1 heterocycles. The van der Waals surface area contributed by atoms with Gasteiger partial charge in [-0.3, -0.25) is 0 Å². The molecule has 0 aromatic heterocycles. The maximum Gasteiger partial charge on any atom is 0.240 e. The van der Waals surface area contributed by atoms with Crippen molar-refractivity contribution >= 4 is 10.0 Å². The summed E-state index contributed by atoms with van der Waals surface area (Å²) in [5.74, 6) is 0.681. The smallest absolute Gasteiger partial charge is 0.240 e. The molecule has 1 aromatic rings. The number of hydrogen-bond acceptors (Lipinski definition) is 5. The molecule has 1 N–H and O–H groups in total. The van der Waals surface area contributed by atoms with Crippen molar-refractivity contribution in [1.29, 1.82) is 0 Å². The van der Waals surface area contributed by atoms with Gasteiger partial charge in [-0.25, -0.2) is 13.1 Å². The quantitative estimate of drug-likeness (QED) is 0.628. The second kappa shape index (κ2) is 10.3. The van der Waals surface area contributed by atoms with E-state index in [9.17, 15) is 8.42 Å². The third kappa shape index (κ3) is 6.23. The van der Waals surface area contributed by atoms with Gasteiger partial charge in [-0.1, -0.05) is 6.42 Å². The van der Waals surface area contributed by atoms with Crippen LogP contribution in [0.5, 0.6) is 5.75 Å². The topological polar surface area (TPSA) is 67.9 Å². The molecule has 26 heavy (non-hydrogen) atoms. The van der Waals surface area contributed by atoms with E-state index >= 15 is 0 Å². The van der Waals surface area contributed by atoms with Crippen LogP contribution in [-0.4, -0.2) is 59.3 Å². The van der Waals surface area contributed by atoms with E-state index in [0.717, 1.165) is 25.1 Å². The number of piperidine rings is 1. The zero-order valence-corrected chi connectivity index (χ0v) is 17.0. The molecule has 2 rings (SSSR count). The van der Waals surface area contributed by atoms with Crippen LogP contribution >= 0.6 is 0 Å². The summed E-state index contributed by atoms with van der Waals surface area (Å²) in [6, 6.07) is 5.55. The Bertz CT molecular complexity index is 664. The van der Waals surface area contributed by atoms with E-state index < -0.39 is 10.0 Å². The molecule has 0 amide bonds. The summed E-state index contributed by atoms with van der Waals surface area (Å²) < 4.78 is 38.2. The van der Waals surface area contributed by atoms with Crippen molar-refractivity contribution in [3.05, 3.63) is 23.8 Å². The maximum atomic E-state index is 12.5. The van der Waals surface area contributed by atoms with Gasteiger partial charge in [-0.15, -0.1) is 0 Å². The number of rotatable bonds is 10. The molecule has 1 unspecified atom stereocenters. The second-order valence-corrected chi connectivity index (χ2v) is 8.67. The van der Waals surface area contributed by atoms with E-state index in [-0.39, 0.29) is 4.90 Å². The maximum absolute atomic E-state index is 12.5. The van der Waals surface area contributed by atoms with Gasteiger partial charge in [0.25, 0.3) is 0 Å². The van der Waals surface area contributed by atoms with Crippen molar-refractivity contribution in [3.63, 3.8) is 0 Å². The fourth-order valence-electron chi connectivity index (χ4n) is 3.25. The number of nitrogens with one attached hydrogen (secondary N) is 1. The predicted molar refractivity (Wildman–Crippen MR) is 103 cm³/mol. The van der Waals surface area contributed by atoms with Crippen LogP contribution in [0, 0.1) is 6.92 Å². The van der Waals surface area contributed by atoms with Crippen LogP contribution in [0.3, 0.4) is 0 Å². The first kappa shape index (κ1) is 21.2. The molecular weight excluding hydrogens is 352 g/mol. The van der Waals surface area contributed by atoms with Crippen LogP contribution in [0.15, 0.2) is 23.1 Å². The minimum absolute atomic E-state index is 0.278. The highest BCUT2D eigenvalue weighted by Gasteiger charge is 2.18. The minimum atomic E-state index is -3.49. The molecule has 7 heteroatoms. The zero-order valence-electron chi connectivity index (χ0n) is 16.2. The fraction of sp³-hybridized carbons (Fsp3) is 0.684. The molecule has 0 saturated carbocycles. The number of benzene rings is 1. The largest absolute Gasteiger partial charge is 0.491 e. The Balaban J connectivity index is 1.84. The first-order valence-corrected chi connectivity index (χ1v) is 10.9. The highest BCUT2D eigenvalue weighted by atomic mass is 32.2. The summed E-state index contributed by atoms with van der Waals surface area (Å²) >= 11 is 0. The van der Waals surface area contributed by atoms with Gasteiger partial charge in [-0.2, -0.15) is 0 Å². The van der Waals surface area contributed by atoms with Gasteiger partial charge in [0.05, 0.1) is 11.5 Å². The van der Waals surface area contributed by atoms with Gasteiger partial charge in [0.1, 0.15) is 12.4 Å². The Hall–Kier alpha value is -1.15. The SMILES string of the molecule is COCCOc1ccc(S(=O)(=O)NCCCN2CCCCC2C)cc1C. The lowest BCUT2D eigenvalue weighted by Crippen LogP contribution is -2.39. The Kier molecular flexibility index (Phi) is 8.34. The van der Waals surface area contributed by atoms with Gasteiger partial charge in [-0.05, 0) is 70.0 Å². The van der Waals surface area contributed by atoms with Crippen molar-refractivity contribution in [2.24, 2.45) is 0 Å². The van der Waals surface area contributed by atoms with E-state index in [1.165, 1.54) is 19.3 Å². The van der Waals surface area contributed by atoms with E-state index in [4.69, 9.17) is 9.47 Å². The molecule has 0 spiro atoms. The molecule has 6 nitrogen and oxygen atoms in total. The summed E-state index contributed by atoms with van der Waals surface area (Å²) in [5, 5.41) is 0. The summed E-state index contributed by atoms with van der Waals surface area (Å²) in [4.78, 5) is 2.73. The van der Waals surface area contributed by atoms with Crippen LogP contribution in [-0.2, 0) is 14.8 Å². The lowest BCUT2D eigenvalue weighted by Gasteiger charge is -2.33. The third-order valence-electron chi connectivity index (χ3n) is 4.86. The van der Waals surface area contributed by atoms with E-state index in [0.29, 0.717) is 31.5 Å². The van der Waals surface area contributed by atoms with Crippen molar-refractivity contribution in [2.45, 2.75) is 50.5 Å². The van der Waals surface area contributed by atoms with Gasteiger partial charge in [0.2, 0.25) is 10.0 Å². The first-order chi connectivity index (χ1) is 12.4. The zero-order chi connectivity index (χ0) is 19.0. The normalized spacial score (nSPS) is 18.8. The molecule has 0 aliphatic carbocycles. The average molecular weight is 385 g/mol. The number of sulfonamides is 1. The van der Waals surface area contributed by atoms with E-state index in [1.807, 2.05) is 6.92 Å².